The highest BCUT2D eigenvalue weighted by Crippen LogP contribution is 2.38. The van der Waals surface area contributed by atoms with Crippen LogP contribution in [0.3, 0.4) is 0 Å². The number of phenolic OH excluding ortho intramolecular Hbond substituents is 1. The normalized spacial score (nSPS) is 10.1. The lowest BCUT2D eigenvalue weighted by atomic mass is 10.0. The first-order chi connectivity index (χ1) is 8.65. The summed E-state index contributed by atoms with van der Waals surface area (Å²) in [6, 6.07) is 10.4. The van der Waals surface area contributed by atoms with Crippen LogP contribution >= 0.6 is 0 Å². The molecule has 0 bridgehead atoms. The molecule has 3 N–H and O–H groups in total. The molecule has 2 aromatic rings. The zero-order chi connectivity index (χ0) is 13.1. The van der Waals surface area contributed by atoms with Gasteiger partial charge in [-0.15, -0.1) is 0 Å². The van der Waals surface area contributed by atoms with Gasteiger partial charge in [-0.05, 0) is 24.3 Å². The molecule has 0 heterocycles. The summed E-state index contributed by atoms with van der Waals surface area (Å²) < 4.78 is 10.4. The molecule has 94 valence electrons. The molecule has 0 aliphatic carbocycles. The average molecular weight is 245 g/mol. The Labute approximate surface area is 106 Å². The van der Waals surface area contributed by atoms with Gasteiger partial charge in [0.25, 0.3) is 0 Å². The zero-order valence-corrected chi connectivity index (χ0v) is 10.3. The summed E-state index contributed by atoms with van der Waals surface area (Å²) in [6.45, 7) is 0. The summed E-state index contributed by atoms with van der Waals surface area (Å²) in [5.41, 5.74) is 7.59. The van der Waals surface area contributed by atoms with Gasteiger partial charge in [0.15, 0.2) is 0 Å². The molecule has 0 atom stereocenters. The van der Waals surface area contributed by atoms with Crippen LogP contribution in [0.5, 0.6) is 17.2 Å². The minimum absolute atomic E-state index is 0.124. The maximum Gasteiger partial charge on any atom is 0.130 e. The predicted molar refractivity (Wildman–Crippen MR) is 71.1 cm³/mol. The van der Waals surface area contributed by atoms with Gasteiger partial charge in [0.1, 0.15) is 17.2 Å². The number of phenols is 1. The number of methoxy groups -OCH3 is 2. The number of aromatic hydroxyl groups is 1. The van der Waals surface area contributed by atoms with E-state index < -0.39 is 0 Å². The summed E-state index contributed by atoms with van der Waals surface area (Å²) >= 11 is 0. The fourth-order valence-corrected chi connectivity index (χ4v) is 1.80. The van der Waals surface area contributed by atoms with E-state index in [0.717, 1.165) is 5.56 Å². The number of anilines is 1. The van der Waals surface area contributed by atoms with Gasteiger partial charge in [0.05, 0.1) is 14.2 Å². The third kappa shape index (κ3) is 2.18. The van der Waals surface area contributed by atoms with Crippen LogP contribution in [-0.4, -0.2) is 19.3 Å². The van der Waals surface area contributed by atoms with Crippen LogP contribution in [0.25, 0.3) is 11.1 Å². The first-order valence-electron chi connectivity index (χ1n) is 5.46. The molecule has 4 nitrogen and oxygen atoms in total. The SMILES string of the molecule is COc1ccc(-c2ccc(N)cc2O)c(OC)c1. The lowest BCUT2D eigenvalue weighted by Gasteiger charge is -2.12. The number of nitrogen functional groups attached to an aromatic ring is 1. The van der Waals surface area contributed by atoms with Crippen molar-refractivity contribution in [3.05, 3.63) is 36.4 Å². The fourth-order valence-electron chi connectivity index (χ4n) is 1.80. The summed E-state index contributed by atoms with van der Waals surface area (Å²) in [5.74, 6) is 1.46. The van der Waals surface area contributed by atoms with Gasteiger partial charge in [-0.3, -0.25) is 0 Å². The molecular weight excluding hydrogens is 230 g/mol. The van der Waals surface area contributed by atoms with Gasteiger partial charge in [0, 0.05) is 28.9 Å². The Bertz CT molecular complexity index is 567. The Morgan fingerprint density at radius 1 is 0.944 bits per heavy atom. The third-order valence-corrected chi connectivity index (χ3v) is 2.72. The number of nitrogens with two attached hydrogens (primary N) is 1. The average Bonchev–Trinajstić information content (AvgIpc) is 2.38. The van der Waals surface area contributed by atoms with Crippen molar-refractivity contribution in [2.45, 2.75) is 0 Å². The maximum absolute atomic E-state index is 9.92. The van der Waals surface area contributed by atoms with E-state index in [1.54, 1.807) is 32.4 Å². The van der Waals surface area contributed by atoms with E-state index >= 15 is 0 Å². The van der Waals surface area contributed by atoms with Gasteiger partial charge in [-0.1, -0.05) is 0 Å². The molecule has 0 saturated carbocycles. The van der Waals surface area contributed by atoms with Gasteiger partial charge >= 0.3 is 0 Å². The molecule has 2 rings (SSSR count). The van der Waals surface area contributed by atoms with Crippen molar-refractivity contribution < 1.29 is 14.6 Å². The quantitative estimate of drug-likeness (QED) is 0.816. The Balaban J connectivity index is 2.56. The standard InChI is InChI=1S/C14H15NO3/c1-17-10-4-6-12(14(8-10)18-2)11-5-3-9(15)7-13(11)16/h3-8,16H,15H2,1-2H3. The molecule has 18 heavy (non-hydrogen) atoms. The van der Waals surface area contributed by atoms with E-state index in [1.165, 1.54) is 6.07 Å². The van der Waals surface area contributed by atoms with E-state index in [-0.39, 0.29) is 5.75 Å². The highest BCUT2D eigenvalue weighted by molar-refractivity contribution is 5.77. The molecule has 0 radical (unpaired) electrons. The molecule has 2 aromatic carbocycles. The van der Waals surface area contributed by atoms with E-state index in [4.69, 9.17) is 15.2 Å². The number of ether oxygens (including phenoxy) is 2. The van der Waals surface area contributed by atoms with Crippen LogP contribution in [0.4, 0.5) is 5.69 Å². The van der Waals surface area contributed by atoms with E-state index in [0.29, 0.717) is 22.7 Å². The lowest BCUT2D eigenvalue weighted by Crippen LogP contribution is -1.91. The lowest BCUT2D eigenvalue weighted by molar-refractivity contribution is 0.395. The van der Waals surface area contributed by atoms with Crippen molar-refractivity contribution >= 4 is 5.69 Å². The van der Waals surface area contributed by atoms with Crippen molar-refractivity contribution in [3.63, 3.8) is 0 Å². The van der Waals surface area contributed by atoms with E-state index in [9.17, 15) is 5.11 Å². The highest BCUT2D eigenvalue weighted by atomic mass is 16.5. The Hall–Kier alpha value is -2.36. The summed E-state index contributed by atoms with van der Waals surface area (Å²) in [5, 5.41) is 9.92. The summed E-state index contributed by atoms with van der Waals surface area (Å²) in [6.07, 6.45) is 0. The molecule has 0 aliphatic heterocycles. The molecule has 0 unspecified atom stereocenters. The van der Waals surface area contributed by atoms with Crippen molar-refractivity contribution in [1.82, 2.24) is 0 Å². The maximum atomic E-state index is 9.92. The topological polar surface area (TPSA) is 64.7 Å². The third-order valence-electron chi connectivity index (χ3n) is 2.72. The largest absolute Gasteiger partial charge is 0.507 e. The monoisotopic (exact) mass is 245 g/mol. The van der Waals surface area contributed by atoms with Crippen molar-refractivity contribution in [2.75, 3.05) is 20.0 Å². The first kappa shape index (κ1) is 12.1. The Kier molecular flexibility index (Phi) is 3.28. The molecule has 0 aliphatic rings. The van der Waals surface area contributed by atoms with Gasteiger partial charge < -0.3 is 20.3 Å². The van der Waals surface area contributed by atoms with Crippen molar-refractivity contribution in [2.24, 2.45) is 0 Å². The van der Waals surface area contributed by atoms with Gasteiger partial charge in [-0.25, -0.2) is 0 Å². The van der Waals surface area contributed by atoms with Crippen LogP contribution in [-0.2, 0) is 0 Å². The van der Waals surface area contributed by atoms with Gasteiger partial charge in [0.2, 0.25) is 0 Å². The molecule has 4 heteroatoms. The van der Waals surface area contributed by atoms with E-state index in [1.807, 2.05) is 12.1 Å². The summed E-state index contributed by atoms with van der Waals surface area (Å²) in [7, 11) is 3.17. The Morgan fingerprint density at radius 2 is 1.67 bits per heavy atom. The van der Waals surface area contributed by atoms with Crippen LogP contribution in [0.2, 0.25) is 0 Å². The fraction of sp³-hybridized carbons (Fsp3) is 0.143. The molecular formula is C14H15NO3. The molecule has 0 amide bonds. The summed E-state index contributed by atoms with van der Waals surface area (Å²) in [4.78, 5) is 0. The molecule has 0 aromatic heterocycles. The molecule has 0 spiro atoms. The highest BCUT2D eigenvalue weighted by Gasteiger charge is 2.11. The van der Waals surface area contributed by atoms with Crippen LogP contribution in [0, 0.1) is 0 Å². The van der Waals surface area contributed by atoms with Crippen LogP contribution < -0.4 is 15.2 Å². The van der Waals surface area contributed by atoms with E-state index in [2.05, 4.69) is 0 Å². The zero-order valence-electron chi connectivity index (χ0n) is 10.3. The Morgan fingerprint density at radius 3 is 2.28 bits per heavy atom. The first-order valence-corrected chi connectivity index (χ1v) is 5.46. The van der Waals surface area contributed by atoms with Gasteiger partial charge in [-0.2, -0.15) is 0 Å². The van der Waals surface area contributed by atoms with Crippen LogP contribution in [0.15, 0.2) is 36.4 Å². The van der Waals surface area contributed by atoms with Crippen molar-refractivity contribution in [1.29, 1.82) is 0 Å². The smallest absolute Gasteiger partial charge is 0.130 e. The number of rotatable bonds is 3. The number of hydrogen-bond acceptors (Lipinski definition) is 4. The van der Waals surface area contributed by atoms with Crippen molar-refractivity contribution in [3.8, 4) is 28.4 Å². The minimum Gasteiger partial charge on any atom is -0.507 e. The number of benzene rings is 2. The minimum atomic E-state index is 0.124. The molecule has 0 saturated heterocycles. The second-order valence-corrected chi connectivity index (χ2v) is 3.84. The number of hydrogen-bond donors (Lipinski definition) is 2. The molecule has 0 fully saturated rings. The second-order valence-electron chi connectivity index (χ2n) is 3.84. The predicted octanol–water partition coefficient (Wildman–Crippen LogP) is 2.66. The second kappa shape index (κ2) is 4.87. The van der Waals surface area contributed by atoms with Crippen LogP contribution in [0.1, 0.15) is 0 Å².